The van der Waals surface area contributed by atoms with E-state index in [1.54, 1.807) is 6.33 Å². The van der Waals surface area contributed by atoms with Crippen molar-refractivity contribution in [2.75, 3.05) is 6.54 Å². The average molecular weight is 403 g/mol. The second-order valence-corrected chi connectivity index (χ2v) is 7.94. The minimum absolute atomic E-state index is 0.202. The van der Waals surface area contributed by atoms with Gasteiger partial charge in [-0.25, -0.2) is 0 Å². The van der Waals surface area contributed by atoms with Gasteiger partial charge in [0.15, 0.2) is 5.82 Å². The molecule has 1 amide bonds. The van der Waals surface area contributed by atoms with Crippen molar-refractivity contribution in [1.29, 1.82) is 0 Å². The van der Waals surface area contributed by atoms with Crippen molar-refractivity contribution in [2.24, 2.45) is 14.1 Å². The van der Waals surface area contributed by atoms with Crippen LogP contribution in [0, 0.1) is 0 Å². The molecule has 0 saturated carbocycles. The zero-order valence-corrected chi connectivity index (χ0v) is 17.3. The van der Waals surface area contributed by atoms with Crippen molar-refractivity contribution in [3.8, 4) is 11.5 Å². The van der Waals surface area contributed by atoms with Gasteiger partial charge in [-0.1, -0.05) is 18.2 Å². The lowest BCUT2D eigenvalue weighted by atomic mass is 10.0. The number of carbonyl (C=O) groups is 1. The summed E-state index contributed by atoms with van der Waals surface area (Å²) in [6.45, 7) is 1.31. The molecule has 4 aromatic rings. The standard InChI is InChI=1S/C22H25N7O/c1-27-14-24-25-22(27)21-17-13-29(11-10-19(17)28(2)26-21)20(30)9-5-6-15-12-23-18-8-4-3-7-16(15)18/h3-4,7-8,12,14,23H,5-6,9-11,13H2,1-2H3. The monoisotopic (exact) mass is 403 g/mol. The van der Waals surface area contributed by atoms with Gasteiger partial charge in [-0.05, 0) is 24.5 Å². The molecule has 1 aliphatic rings. The highest BCUT2D eigenvalue weighted by Crippen LogP contribution is 2.29. The Morgan fingerprint density at radius 3 is 2.93 bits per heavy atom. The summed E-state index contributed by atoms with van der Waals surface area (Å²) in [7, 11) is 3.87. The minimum atomic E-state index is 0.202. The van der Waals surface area contributed by atoms with Crippen LogP contribution in [0.4, 0.5) is 0 Å². The number of para-hydroxylation sites is 1. The number of carbonyl (C=O) groups excluding carboxylic acids is 1. The van der Waals surface area contributed by atoms with Gasteiger partial charge in [0.1, 0.15) is 12.0 Å². The van der Waals surface area contributed by atoms with E-state index in [1.807, 2.05) is 34.3 Å². The summed E-state index contributed by atoms with van der Waals surface area (Å²) in [5.74, 6) is 0.939. The van der Waals surface area contributed by atoms with Gasteiger partial charge in [-0.2, -0.15) is 5.10 Å². The van der Waals surface area contributed by atoms with E-state index < -0.39 is 0 Å². The molecule has 0 bridgehead atoms. The van der Waals surface area contributed by atoms with Crippen LogP contribution in [-0.4, -0.2) is 46.9 Å². The second-order valence-electron chi connectivity index (χ2n) is 7.94. The number of aryl methyl sites for hydroxylation is 3. The number of rotatable bonds is 5. The van der Waals surface area contributed by atoms with E-state index in [-0.39, 0.29) is 5.91 Å². The third kappa shape index (κ3) is 3.18. The largest absolute Gasteiger partial charge is 0.361 e. The number of amides is 1. The number of aromatic nitrogens is 6. The van der Waals surface area contributed by atoms with E-state index in [9.17, 15) is 4.79 Å². The maximum absolute atomic E-state index is 12.9. The summed E-state index contributed by atoms with van der Waals surface area (Å²) < 4.78 is 3.78. The maximum atomic E-state index is 12.9. The molecule has 0 radical (unpaired) electrons. The third-order valence-electron chi connectivity index (χ3n) is 6.03. The van der Waals surface area contributed by atoms with Gasteiger partial charge in [0.05, 0.1) is 0 Å². The molecule has 0 spiro atoms. The lowest BCUT2D eigenvalue weighted by molar-refractivity contribution is -0.132. The highest BCUT2D eigenvalue weighted by molar-refractivity contribution is 5.83. The lowest BCUT2D eigenvalue weighted by Crippen LogP contribution is -2.36. The number of benzene rings is 1. The third-order valence-corrected chi connectivity index (χ3v) is 6.03. The Bertz CT molecular complexity index is 1220. The van der Waals surface area contributed by atoms with Crippen molar-refractivity contribution in [3.63, 3.8) is 0 Å². The van der Waals surface area contributed by atoms with Crippen molar-refractivity contribution in [2.45, 2.75) is 32.2 Å². The number of H-pyrrole nitrogens is 1. The van der Waals surface area contributed by atoms with Crippen molar-refractivity contribution in [1.82, 2.24) is 34.4 Å². The summed E-state index contributed by atoms with van der Waals surface area (Å²) in [5, 5.41) is 14.1. The second kappa shape index (κ2) is 7.44. The number of hydrogen-bond donors (Lipinski definition) is 1. The molecular weight excluding hydrogens is 378 g/mol. The first kappa shape index (κ1) is 18.6. The summed E-state index contributed by atoms with van der Waals surface area (Å²) >= 11 is 0. The Morgan fingerprint density at radius 1 is 1.23 bits per heavy atom. The van der Waals surface area contributed by atoms with Crippen LogP contribution in [0.3, 0.4) is 0 Å². The molecule has 8 nitrogen and oxygen atoms in total. The Labute approximate surface area is 174 Å². The normalized spacial score (nSPS) is 13.7. The van der Waals surface area contributed by atoms with E-state index >= 15 is 0 Å². The first-order chi connectivity index (χ1) is 14.6. The molecule has 1 aliphatic heterocycles. The van der Waals surface area contributed by atoms with E-state index in [2.05, 4.69) is 44.7 Å². The molecule has 3 aromatic heterocycles. The molecule has 30 heavy (non-hydrogen) atoms. The Hall–Kier alpha value is -3.42. The molecule has 0 unspecified atom stereocenters. The topological polar surface area (TPSA) is 84.6 Å². The molecule has 8 heteroatoms. The van der Waals surface area contributed by atoms with E-state index in [1.165, 1.54) is 16.6 Å². The van der Waals surface area contributed by atoms with Gasteiger partial charge in [0.25, 0.3) is 0 Å². The van der Waals surface area contributed by atoms with Gasteiger partial charge in [-0.3, -0.25) is 9.48 Å². The molecule has 0 atom stereocenters. The molecule has 154 valence electrons. The van der Waals surface area contributed by atoms with Gasteiger partial charge < -0.3 is 14.5 Å². The predicted molar refractivity (Wildman–Crippen MR) is 114 cm³/mol. The SMILES string of the molecule is Cn1cnnc1-c1nn(C)c2c1CN(C(=O)CCCc1c[nH]c3ccccc13)CC2. The lowest BCUT2D eigenvalue weighted by Gasteiger charge is -2.27. The number of nitrogens with zero attached hydrogens (tertiary/aromatic N) is 6. The van der Waals surface area contributed by atoms with Gasteiger partial charge in [0.2, 0.25) is 5.91 Å². The highest BCUT2D eigenvalue weighted by Gasteiger charge is 2.28. The van der Waals surface area contributed by atoms with Crippen molar-refractivity contribution < 1.29 is 4.79 Å². The van der Waals surface area contributed by atoms with Crippen molar-refractivity contribution in [3.05, 3.63) is 53.6 Å². The van der Waals surface area contributed by atoms with E-state index in [0.717, 1.165) is 48.4 Å². The molecule has 0 saturated heterocycles. The molecule has 1 aromatic carbocycles. The van der Waals surface area contributed by atoms with Crippen LogP contribution in [0.15, 0.2) is 36.8 Å². The fourth-order valence-electron chi connectivity index (χ4n) is 4.41. The quantitative estimate of drug-likeness (QED) is 0.555. The van der Waals surface area contributed by atoms with Gasteiger partial charge in [-0.15, -0.1) is 10.2 Å². The fourth-order valence-corrected chi connectivity index (χ4v) is 4.41. The fraction of sp³-hybridized carbons (Fsp3) is 0.364. The van der Waals surface area contributed by atoms with E-state index in [0.29, 0.717) is 13.0 Å². The zero-order chi connectivity index (χ0) is 20.7. The predicted octanol–water partition coefficient (Wildman–Crippen LogP) is 2.60. The van der Waals surface area contributed by atoms with Crippen molar-refractivity contribution >= 4 is 16.8 Å². The van der Waals surface area contributed by atoms with Crippen LogP contribution < -0.4 is 0 Å². The Morgan fingerprint density at radius 2 is 2.10 bits per heavy atom. The van der Waals surface area contributed by atoms with Crippen LogP contribution in [0.2, 0.25) is 0 Å². The van der Waals surface area contributed by atoms with Gasteiger partial charge >= 0.3 is 0 Å². The maximum Gasteiger partial charge on any atom is 0.222 e. The molecule has 5 rings (SSSR count). The number of aromatic amines is 1. The molecule has 0 aliphatic carbocycles. The van der Waals surface area contributed by atoms with Crippen LogP contribution in [-0.2, 0) is 38.3 Å². The van der Waals surface area contributed by atoms with Crippen LogP contribution in [0.25, 0.3) is 22.4 Å². The first-order valence-electron chi connectivity index (χ1n) is 10.3. The summed E-state index contributed by atoms with van der Waals surface area (Å²) in [5.41, 5.74) is 5.51. The van der Waals surface area contributed by atoms with E-state index in [4.69, 9.17) is 0 Å². The summed E-state index contributed by atoms with van der Waals surface area (Å²) in [6.07, 6.45) is 6.83. The number of hydrogen-bond acceptors (Lipinski definition) is 4. The minimum Gasteiger partial charge on any atom is -0.361 e. The average Bonchev–Trinajstić information content (AvgIpc) is 3.45. The molecular formula is C22H25N7O. The molecule has 1 N–H and O–H groups in total. The summed E-state index contributed by atoms with van der Waals surface area (Å²) in [4.78, 5) is 18.2. The van der Waals surface area contributed by atoms with Crippen LogP contribution in [0.1, 0.15) is 29.7 Å². The first-order valence-corrected chi connectivity index (χ1v) is 10.3. The number of fused-ring (bicyclic) bond motifs is 2. The molecule has 4 heterocycles. The van der Waals surface area contributed by atoms with Gasteiger partial charge in [0, 0.05) is 68.4 Å². The smallest absolute Gasteiger partial charge is 0.222 e. The summed E-state index contributed by atoms with van der Waals surface area (Å²) in [6, 6.07) is 8.30. The Balaban J connectivity index is 1.27. The highest BCUT2D eigenvalue weighted by atomic mass is 16.2. The van der Waals surface area contributed by atoms with Crippen LogP contribution >= 0.6 is 0 Å². The zero-order valence-electron chi connectivity index (χ0n) is 17.3. The Kier molecular flexibility index (Phi) is 4.61. The molecule has 0 fully saturated rings. The number of nitrogens with one attached hydrogen (secondary N) is 1. The van der Waals surface area contributed by atoms with Crippen LogP contribution in [0.5, 0.6) is 0 Å².